The second-order valence-electron chi connectivity index (χ2n) is 5.67. The predicted molar refractivity (Wildman–Crippen MR) is 70.3 cm³/mol. The average Bonchev–Trinajstić information content (AvgIpc) is 2.28. The lowest BCUT2D eigenvalue weighted by molar-refractivity contribution is -0.302. The molecular weight excluding hydrogens is 291 g/mol. The normalized spacial score (nSPS) is 15.6. The molecule has 0 fully saturated rings. The zero-order valence-corrected chi connectivity index (χ0v) is 12.3. The van der Waals surface area contributed by atoms with Gasteiger partial charge in [0.25, 0.3) is 0 Å². The molecule has 1 aromatic carbocycles. The Morgan fingerprint density at radius 3 is 2.05 bits per heavy atom. The lowest BCUT2D eigenvalue weighted by Gasteiger charge is -2.42. The van der Waals surface area contributed by atoms with Crippen molar-refractivity contribution in [3.05, 3.63) is 33.8 Å². The van der Waals surface area contributed by atoms with Gasteiger partial charge in [0.15, 0.2) is 5.60 Å². The Morgan fingerprint density at radius 2 is 1.70 bits per heavy atom. The van der Waals surface area contributed by atoms with E-state index in [9.17, 15) is 18.3 Å². The zero-order chi connectivity index (χ0) is 15.9. The largest absolute Gasteiger partial charge is 0.421 e. The van der Waals surface area contributed by atoms with Crippen LogP contribution >= 0.6 is 11.6 Å². The second kappa shape index (κ2) is 4.94. The third-order valence-electron chi connectivity index (χ3n) is 3.39. The highest BCUT2D eigenvalue weighted by Gasteiger charge is 2.62. The number of alkyl halides is 3. The van der Waals surface area contributed by atoms with E-state index in [4.69, 9.17) is 16.9 Å². The molecule has 1 N–H and O–H groups in total. The van der Waals surface area contributed by atoms with Gasteiger partial charge < -0.3 is 5.11 Å². The summed E-state index contributed by atoms with van der Waals surface area (Å²) in [5.74, 6) is 0. The molecule has 0 bridgehead atoms. The minimum atomic E-state index is -4.87. The van der Waals surface area contributed by atoms with Gasteiger partial charge in [-0.25, -0.2) is 0 Å². The van der Waals surface area contributed by atoms with Crippen LogP contribution in [0, 0.1) is 23.7 Å². The van der Waals surface area contributed by atoms with Crippen LogP contribution in [0.4, 0.5) is 13.2 Å². The molecule has 0 amide bonds. The average molecular weight is 306 g/mol. The summed E-state index contributed by atoms with van der Waals surface area (Å²) in [6.07, 6.45) is -4.87. The smallest absolute Gasteiger partial charge is 0.376 e. The van der Waals surface area contributed by atoms with Gasteiger partial charge in [0.05, 0.1) is 10.6 Å². The van der Waals surface area contributed by atoms with Crippen molar-refractivity contribution in [1.82, 2.24) is 0 Å². The number of hydrogen-bond donors (Lipinski definition) is 1. The number of nitrogens with zero attached hydrogens (tertiary/aromatic N) is 1. The summed E-state index contributed by atoms with van der Waals surface area (Å²) in [6, 6.07) is 4.09. The second-order valence-corrected chi connectivity index (χ2v) is 6.05. The Hall–Kier alpha value is -1.25. The molecule has 0 aromatic heterocycles. The van der Waals surface area contributed by atoms with Crippen LogP contribution in [-0.2, 0) is 5.60 Å². The molecule has 110 valence electrons. The molecular formula is C14H15ClF3NO. The van der Waals surface area contributed by atoms with Crippen LogP contribution in [0.25, 0.3) is 0 Å². The fraction of sp³-hybridized carbons (Fsp3) is 0.500. The first-order valence-corrected chi connectivity index (χ1v) is 6.24. The summed E-state index contributed by atoms with van der Waals surface area (Å²) in [5.41, 5.74) is -4.75. The van der Waals surface area contributed by atoms with E-state index in [1.165, 1.54) is 33.8 Å². The monoisotopic (exact) mass is 305 g/mol. The van der Waals surface area contributed by atoms with Gasteiger partial charge in [-0.3, -0.25) is 0 Å². The van der Waals surface area contributed by atoms with Gasteiger partial charge in [-0.2, -0.15) is 18.4 Å². The molecule has 1 aromatic rings. The molecule has 20 heavy (non-hydrogen) atoms. The van der Waals surface area contributed by atoms with Crippen molar-refractivity contribution in [3.63, 3.8) is 0 Å². The number of halogens is 4. The third-order valence-corrected chi connectivity index (χ3v) is 3.88. The summed E-state index contributed by atoms with van der Waals surface area (Å²) in [7, 11) is 0. The number of aliphatic hydroxyl groups is 1. The Morgan fingerprint density at radius 1 is 1.20 bits per heavy atom. The van der Waals surface area contributed by atoms with Gasteiger partial charge in [0.2, 0.25) is 0 Å². The fourth-order valence-corrected chi connectivity index (χ4v) is 2.35. The lowest BCUT2D eigenvalue weighted by Crippen LogP contribution is -2.52. The molecule has 1 atom stereocenters. The van der Waals surface area contributed by atoms with Crippen LogP contribution in [0.5, 0.6) is 0 Å². The fourth-order valence-electron chi connectivity index (χ4n) is 2.15. The maximum atomic E-state index is 13.4. The first kappa shape index (κ1) is 16.8. The molecule has 0 heterocycles. The van der Waals surface area contributed by atoms with E-state index in [0.717, 1.165) is 6.07 Å². The molecule has 0 radical (unpaired) electrons. The van der Waals surface area contributed by atoms with Gasteiger partial charge in [0, 0.05) is 5.41 Å². The van der Waals surface area contributed by atoms with E-state index in [1.807, 2.05) is 0 Å². The topological polar surface area (TPSA) is 44.0 Å². The standard InChI is InChI=1S/C14H15ClF3NO/c1-8-10(6-5-9(7-19)11(8)15)13(20,12(2,3)4)14(16,17)18/h5-6,20H,1-4H3. The summed E-state index contributed by atoms with van der Waals surface area (Å²) >= 11 is 5.90. The van der Waals surface area contributed by atoms with E-state index >= 15 is 0 Å². The molecule has 0 aliphatic rings. The first-order chi connectivity index (χ1) is 8.88. The molecule has 0 saturated carbocycles. The van der Waals surface area contributed by atoms with Crippen molar-refractivity contribution in [1.29, 1.82) is 5.26 Å². The van der Waals surface area contributed by atoms with Crippen molar-refractivity contribution in [3.8, 4) is 6.07 Å². The van der Waals surface area contributed by atoms with E-state index in [0.29, 0.717) is 0 Å². The third kappa shape index (κ3) is 2.38. The van der Waals surface area contributed by atoms with Crippen molar-refractivity contribution in [2.24, 2.45) is 5.41 Å². The van der Waals surface area contributed by atoms with Gasteiger partial charge >= 0.3 is 6.18 Å². The minimum Gasteiger partial charge on any atom is -0.376 e. The van der Waals surface area contributed by atoms with E-state index in [-0.39, 0.29) is 21.7 Å². The highest BCUT2D eigenvalue weighted by Crippen LogP contribution is 2.52. The summed E-state index contributed by atoms with van der Waals surface area (Å²) < 4.78 is 40.3. The molecule has 6 heteroatoms. The molecule has 1 unspecified atom stereocenters. The van der Waals surface area contributed by atoms with Crippen LogP contribution in [-0.4, -0.2) is 11.3 Å². The van der Waals surface area contributed by atoms with Crippen molar-refractivity contribution >= 4 is 11.6 Å². The van der Waals surface area contributed by atoms with Gasteiger partial charge in [0.1, 0.15) is 6.07 Å². The SMILES string of the molecule is Cc1c(C(O)(C(C)(C)C)C(F)(F)F)ccc(C#N)c1Cl. The maximum Gasteiger partial charge on any atom is 0.421 e. The van der Waals surface area contributed by atoms with Crippen molar-refractivity contribution < 1.29 is 18.3 Å². The van der Waals surface area contributed by atoms with Gasteiger partial charge in [-0.1, -0.05) is 38.4 Å². The number of nitriles is 1. The van der Waals surface area contributed by atoms with E-state index in [1.54, 1.807) is 6.07 Å². The zero-order valence-electron chi connectivity index (χ0n) is 11.6. The molecule has 0 aliphatic heterocycles. The van der Waals surface area contributed by atoms with E-state index in [2.05, 4.69) is 0 Å². The number of rotatable bonds is 1. The highest BCUT2D eigenvalue weighted by molar-refractivity contribution is 6.32. The highest BCUT2D eigenvalue weighted by atomic mass is 35.5. The predicted octanol–water partition coefficient (Wildman–Crippen LogP) is 4.32. The first-order valence-electron chi connectivity index (χ1n) is 5.86. The molecule has 2 nitrogen and oxygen atoms in total. The summed E-state index contributed by atoms with van der Waals surface area (Å²) in [4.78, 5) is 0. The van der Waals surface area contributed by atoms with Crippen LogP contribution in [0.15, 0.2) is 12.1 Å². The number of benzene rings is 1. The summed E-state index contributed by atoms with van der Waals surface area (Å²) in [6.45, 7) is 5.26. The van der Waals surface area contributed by atoms with Gasteiger partial charge in [-0.05, 0) is 24.1 Å². The Labute approximate surface area is 120 Å². The van der Waals surface area contributed by atoms with E-state index < -0.39 is 17.2 Å². The minimum absolute atomic E-state index is 0.0560. The van der Waals surface area contributed by atoms with Crippen LogP contribution in [0.2, 0.25) is 5.02 Å². The van der Waals surface area contributed by atoms with Gasteiger partial charge in [-0.15, -0.1) is 0 Å². The van der Waals surface area contributed by atoms with Crippen LogP contribution < -0.4 is 0 Å². The van der Waals surface area contributed by atoms with Crippen molar-refractivity contribution in [2.75, 3.05) is 0 Å². The molecule has 0 aliphatic carbocycles. The summed E-state index contributed by atoms with van der Waals surface area (Å²) in [5, 5.41) is 19.1. The maximum absolute atomic E-state index is 13.4. The quantitative estimate of drug-likeness (QED) is 0.840. The Bertz CT molecular complexity index is 553. The Balaban J connectivity index is 3.71. The number of hydrogen-bond acceptors (Lipinski definition) is 2. The molecule has 1 rings (SSSR count). The molecule has 0 spiro atoms. The molecule has 0 saturated heterocycles. The van der Waals surface area contributed by atoms with Crippen molar-refractivity contribution in [2.45, 2.75) is 39.5 Å². The lowest BCUT2D eigenvalue weighted by atomic mass is 9.70. The van der Waals surface area contributed by atoms with Crippen LogP contribution in [0.3, 0.4) is 0 Å². The van der Waals surface area contributed by atoms with Crippen LogP contribution in [0.1, 0.15) is 37.5 Å². The Kier molecular flexibility index (Phi) is 4.15.